The molecule has 0 saturated carbocycles. The molecule has 1 fully saturated rings. The number of rotatable bonds is 6. The number of carboxylic acid groups (broad SMARTS) is 1. The molecule has 1 saturated heterocycles. The van der Waals surface area contributed by atoms with Crippen LogP contribution in [0.5, 0.6) is 11.5 Å². The third kappa shape index (κ3) is 4.60. The van der Waals surface area contributed by atoms with Crippen molar-refractivity contribution in [2.45, 2.75) is 6.92 Å². The molecule has 29 heavy (non-hydrogen) atoms. The van der Waals surface area contributed by atoms with Crippen LogP contribution >= 0.6 is 11.8 Å². The molecular weight excluding hydrogens is 392 g/mol. The number of thioether (sulfide) groups is 1. The molecule has 3 rings (SSSR count). The van der Waals surface area contributed by atoms with E-state index in [1.54, 1.807) is 44.5 Å². The second-order valence-electron chi connectivity index (χ2n) is 6.07. The summed E-state index contributed by atoms with van der Waals surface area (Å²) in [5, 5.41) is 9.59. The molecule has 8 heteroatoms. The molecule has 2 aromatic rings. The first-order valence-corrected chi connectivity index (χ1v) is 9.65. The van der Waals surface area contributed by atoms with E-state index in [9.17, 15) is 9.59 Å². The Labute approximate surface area is 172 Å². The van der Waals surface area contributed by atoms with Gasteiger partial charge in [0.2, 0.25) is 0 Å². The number of nitrogens with zero attached hydrogens (tertiary/aromatic N) is 2. The fourth-order valence-electron chi connectivity index (χ4n) is 2.67. The van der Waals surface area contributed by atoms with Crippen molar-refractivity contribution < 1.29 is 24.2 Å². The zero-order valence-corrected chi connectivity index (χ0v) is 17.0. The van der Waals surface area contributed by atoms with Crippen molar-refractivity contribution in [2.24, 2.45) is 4.99 Å². The second kappa shape index (κ2) is 8.83. The van der Waals surface area contributed by atoms with Crippen molar-refractivity contribution in [1.82, 2.24) is 4.90 Å². The van der Waals surface area contributed by atoms with Crippen LogP contribution in [-0.4, -0.2) is 47.8 Å². The summed E-state index contributed by atoms with van der Waals surface area (Å²) in [6, 6.07) is 11.7. The number of hydrogen-bond acceptors (Lipinski definition) is 6. The Morgan fingerprint density at radius 2 is 2.03 bits per heavy atom. The number of benzene rings is 2. The molecule has 2 aromatic carbocycles. The number of carbonyl (C=O) groups excluding carboxylic acids is 1. The standard InChI is InChI=1S/C21H20N2O5S/c1-4-28-16-9-8-13(10-17(16)27-3)11-18-19(24)23(2)21(29-18)22-15-7-5-6-14(12-15)20(25)26/h5-12H,4H2,1-3H3,(H,25,26). The minimum Gasteiger partial charge on any atom is -0.493 e. The van der Waals surface area contributed by atoms with Gasteiger partial charge in [-0.05, 0) is 60.7 Å². The fourth-order valence-corrected chi connectivity index (χ4v) is 3.66. The average molecular weight is 412 g/mol. The lowest BCUT2D eigenvalue weighted by atomic mass is 10.2. The zero-order chi connectivity index (χ0) is 21.0. The summed E-state index contributed by atoms with van der Waals surface area (Å²) >= 11 is 1.23. The minimum atomic E-state index is -1.03. The minimum absolute atomic E-state index is 0.140. The van der Waals surface area contributed by atoms with Crippen molar-refractivity contribution >= 4 is 40.6 Å². The smallest absolute Gasteiger partial charge is 0.335 e. The van der Waals surface area contributed by atoms with E-state index >= 15 is 0 Å². The third-order valence-corrected chi connectivity index (χ3v) is 5.17. The van der Waals surface area contributed by atoms with Gasteiger partial charge in [0, 0.05) is 7.05 Å². The number of methoxy groups -OCH3 is 1. The van der Waals surface area contributed by atoms with Gasteiger partial charge in [-0.15, -0.1) is 0 Å². The first-order valence-electron chi connectivity index (χ1n) is 8.83. The third-order valence-electron chi connectivity index (χ3n) is 4.11. The number of ether oxygens (including phenoxy) is 2. The van der Waals surface area contributed by atoms with E-state index in [4.69, 9.17) is 14.6 Å². The Bertz CT molecular complexity index is 1020. The average Bonchev–Trinajstić information content (AvgIpc) is 2.97. The normalized spacial score (nSPS) is 16.5. The number of carbonyl (C=O) groups is 2. The van der Waals surface area contributed by atoms with Gasteiger partial charge in [0.1, 0.15) is 0 Å². The number of amides is 1. The number of hydrogen-bond donors (Lipinski definition) is 1. The van der Waals surface area contributed by atoms with Gasteiger partial charge < -0.3 is 14.6 Å². The monoisotopic (exact) mass is 412 g/mol. The van der Waals surface area contributed by atoms with E-state index in [1.165, 1.54) is 28.8 Å². The second-order valence-corrected chi connectivity index (χ2v) is 7.08. The quantitative estimate of drug-likeness (QED) is 0.721. The summed E-state index contributed by atoms with van der Waals surface area (Å²) in [4.78, 5) is 30.1. The van der Waals surface area contributed by atoms with Gasteiger partial charge in [-0.3, -0.25) is 9.69 Å². The van der Waals surface area contributed by atoms with Crippen LogP contribution in [-0.2, 0) is 4.79 Å². The highest BCUT2D eigenvalue weighted by molar-refractivity contribution is 8.18. The van der Waals surface area contributed by atoms with Crippen molar-refractivity contribution in [3.05, 3.63) is 58.5 Å². The lowest BCUT2D eigenvalue weighted by Crippen LogP contribution is -2.23. The number of aromatic carboxylic acids is 1. The van der Waals surface area contributed by atoms with Gasteiger partial charge in [-0.25, -0.2) is 9.79 Å². The molecule has 0 aliphatic carbocycles. The summed E-state index contributed by atoms with van der Waals surface area (Å²) < 4.78 is 10.9. The Hall–Kier alpha value is -3.26. The van der Waals surface area contributed by atoms with Gasteiger partial charge in [0.15, 0.2) is 16.7 Å². The highest BCUT2D eigenvalue weighted by Crippen LogP contribution is 2.35. The van der Waals surface area contributed by atoms with Gasteiger partial charge in [-0.2, -0.15) is 0 Å². The lowest BCUT2D eigenvalue weighted by Gasteiger charge is -2.09. The zero-order valence-electron chi connectivity index (χ0n) is 16.2. The van der Waals surface area contributed by atoms with Gasteiger partial charge >= 0.3 is 5.97 Å². The molecule has 0 bridgehead atoms. The van der Waals surface area contributed by atoms with Crippen LogP contribution in [0.2, 0.25) is 0 Å². The van der Waals surface area contributed by atoms with E-state index in [-0.39, 0.29) is 11.5 Å². The van der Waals surface area contributed by atoms with Crippen molar-refractivity contribution in [2.75, 3.05) is 20.8 Å². The van der Waals surface area contributed by atoms with E-state index in [1.807, 2.05) is 13.0 Å². The van der Waals surface area contributed by atoms with Crippen LogP contribution in [0.1, 0.15) is 22.8 Å². The summed E-state index contributed by atoms with van der Waals surface area (Å²) in [5.74, 6) is 0.0150. The Kier molecular flexibility index (Phi) is 6.23. The van der Waals surface area contributed by atoms with Gasteiger partial charge in [0.25, 0.3) is 5.91 Å². The van der Waals surface area contributed by atoms with Crippen LogP contribution in [0.3, 0.4) is 0 Å². The summed E-state index contributed by atoms with van der Waals surface area (Å²) in [5.41, 5.74) is 1.40. The molecule has 1 heterocycles. The molecule has 1 aliphatic rings. The summed E-state index contributed by atoms with van der Waals surface area (Å²) in [7, 11) is 3.20. The van der Waals surface area contributed by atoms with Crippen LogP contribution in [0.4, 0.5) is 5.69 Å². The van der Waals surface area contributed by atoms with E-state index in [2.05, 4.69) is 4.99 Å². The Balaban J connectivity index is 1.88. The maximum Gasteiger partial charge on any atom is 0.335 e. The Morgan fingerprint density at radius 3 is 2.72 bits per heavy atom. The van der Waals surface area contributed by atoms with Crippen LogP contribution in [0.15, 0.2) is 52.4 Å². The summed E-state index contributed by atoms with van der Waals surface area (Å²) in [6.07, 6.45) is 1.76. The topological polar surface area (TPSA) is 88.4 Å². The van der Waals surface area contributed by atoms with Gasteiger partial charge in [-0.1, -0.05) is 12.1 Å². The predicted octanol–water partition coefficient (Wildman–Crippen LogP) is 4.03. The highest BCUT2D eigenvalue weighted by atomic mass is 32.2. The molecule has 150 valence electrons. The molecular formula is C21H20N2O5S. The molecule has 7 nitrogen and oxygen atoms in total. The maximum atomic E-state index is 12.6. The number of amidine groups is 1. The van der Waals surface area contributed by atoms with Gasteiger partial charge in [0.05, 0.1) is 29.9 Å². The van der Waals surface area contributed by atoms with E-state index in [0.717, 1.165) is 5.56 Å². The number of likely N-dealkylation sites (N-methyl/N-ethyl adjacent to an activating group) is 1. The molecule has 0 aromatic heterocycles. The van der Waals surface area contributed by atoms with Crippen molar-refractivity contribution in [3.63, 3.8) is 0 Å². The molecule has 1 N–H and O–H groups in total. The fraction of sp³-hybridized carbons (Fsp3) is 0.190. The SMILES string of the molecule is CCOc1ccc(C=C2SC(=Nc3cccc(C(=O)O)c3)N(C)C2=O)cc1OC. The number of aliphatic imine (C=N–C) groups is 1. The van der Waals surface area contributed by atoms with E-state index < -0.39 is 5.97 Å². The van der Waals surface area contributed by atoms with Crippen molar-refractivity contribution in [3.8, 4) is 11.5 Å². The van der Waals surface area contributed by atoms with Crippen molar-refractivity contribution in [1.29, 1.82) is 0 Å². The lowest BCUT2D eigenvalue weighted by molar-refractivity contribution is -0.121. The first-order chi connectivity index (χ1) is 13.9. The number of carboxylic acids is 1. The largest absolute Gasteiger partial charge is 0.493 e. The Morgan fingerprint density at radius 1 is 1.24 bits per heavy atom. The van der Waals surface area contributed by atoms with E-state index in [0.29, 0.717) is 33.9 Å². The first kappa shape index (κ1) is 20.5. The predicted molar refractivity (Wildman–Crippen MR) is 113 cm³/mol. The highest BCUT2D eigenvalue weighted by Gasteiger charge is 2.30. The molecule has 0 radical (unpaired) electrons. The van der Waals surface area contributed by atoms with Crippen LogP contribution < -0.4 is 9.47 Å². The summed E-state index contributed by atoms with van der Waals surface area (Å²) in [6.45, 7) is 2.42. The van der Waals surface area contributed by atoms with Crippen LogP contribution in [0, 0.1) is 0 Å². The molecule has 0 spiro atoms. The van der Waals surface area contributed by atoms with Crippen LogP contribution in [0.25, 0.3) is 6.08 Å². The molecule has 0 unspecified atom stereocenters. The molecule has 1 amide bonds. The molecule has 1 aliphatic heterocycles. The molecule has 0 atom stereocenters. The maximum absolute atomic E-state index is 12.6.